The summed E-state index contributed by atoms with van der Waals surface area (Å²) in [5, 5.41) is 5.06. The molecule has 55 heavy (non-hydrogen) atoms. The van der Waals surface area contributed by atoms with Crippen LogP contribution < -0.4 is 0 Å². The minimum absolute atomic E-state index is 0.428. The number of hydrogen-bond acceptors (Lipinski definition) is 2. The molecule has 0 bridgehead atoms. The molecule has 0 N–H and O–H groups in total. The normalized spacial score (nSPS) is 13.2. The third-order valence-electron chi connectivity index (χ3n) is 11.9. The SMILES string of the molecule is c1ccc(C2(c3ccccc3)c3ccccc3-c3c(-c4ccc(-c5cc6c7cc8ccccc8cc7sc6c6nc7ccccc7n56)cc4)cccc32)cc1. The van der Waals surface area contributed by atoms with Gasteiger partial charge in [-0.3, -0.25) is 4.40 Å². The van der Waals surface area contributed by atoms with Gasteiger partial charge in [-0.2, -0.15) is 0 Å². The Labute approximate surface area is 322 Å². The third-order valence-corrected chi connectivity index (χ3v) is 13.0. The summed E-state index contributed by atoms with van der Waals surface area (Å²) < 4.78 is 4.88. The molecular formula is C52H32N2S. The van der Waals surface area contributed by atoms with Gasteiger partial charge in [0.25, 0.3) is 0 Å². The van der Waals surface area contributed by atoms with Crippen LogP contribution in [0.5, 0.6) is 0 Å². The van der Waals surface area contributed by atoms with Crippen LogP contribution in [-0.4, -0.2) is 9.38 Å². The molecule has 0 spiro atoms. The van der Waals surface area contributed by atoms with Crippen LogP contribution in [0.25, 0.3) is 81.1 Å². The number of imidazole rings is 1. The Morgan fingerprint density at radius 3 is 1.87 bits per heavy atom. The minimum atomic E-state index is -0.428. The van der Waals surface area contributed by atoms with Crippen LogP contribution in [-0.2, 0) is 5.41 Å². The first-order chi connectivity index (χ1) is 27.3. The molecular weight excluding hydrogens is 685 g/mol. The van der Waals surface area contributed by atoms with Crippen molar-refractivity contribution in [3.8, 4) is 33.5 Å². The van der Waals surface area contributed by atoms with E-state index in [2.05, 4.69) is 199 Å². The first-order valence-corrected chi connectivity index (χ1v) is 19.7. The van der Waals surface area contributed by atoms with E-state index in [-0.39, 0.29) is 0 Å². The Kier molecular flexibility index (Phi) is 6.46. The Morgan fingerprint density at radius 2 is 1.09 bits per heavy atom. The van der Waals surface area contributed by atoms with Crippen molar-refractivity contribution >= 4 is 59.0 Å². The van der Waals surface area contributed by atoms with E-state index in [0.29, 0.717) is 0 Å². The summed E-state index contributed by atoms with van der Waals surface area (Å²) in [6, 6.07) is 71.4. The minimum Gasteiger partial charge on any atom is -0.291 e. The van der Waals surface area contributed by atoms with Gasteiger partial charge < -0.3 is 0 Å². The van der Waals surface area contributed by atoms with Gasteiger partial charge in [0.05, 0.1) is 26.8 Å². The summed E-state index contributed by atoms with van der Waals surface area (Å²) in [6.45, 7) is 0. The highest BCUT2D eigenvalue weighted by atomic mass is 32.1. The van der Waals surface area contributed by atoms with Crippen LogP contribution in [0, 0.1) is 0 Å². The molecule has 3 heteroatoms. The topological polar surface area (TPSA) is 17.3 Å². The monoisotopic (exact) mass is 716 g/mol. The van der Waals surface area contributed by atoms with Crippen LogP contribution in [0.4, 0.5) is 0 Å². The Balaban J connectivity index is 1.08. The molecule has 0 fully saturated rings. The van der Waals surface area contributed by atoms with Gasteiger partial charge in [-0.15, -0.1) is 11.3 Å². The number of benzene rings is 8. The molecule has 1 aliphatic carbocycles. The van der Waals surface area contributed by atoms with Crippen molar-refractivity contribution in [3.63, 3.8) is 0 Å². The lowest BCUT2D eigenvalue weighted by Crippen LogP contribution is -2.28. The van der Waals surface area contributed by atoms with Crippen molar-refractivity contribution in [1.82, 2.24) is 9.38 Å². The average Bonchev–Trinajstić information content (AvgIpc) is 3.92. The quantitative estimate of drug-likeness (QED) is 0.177. The van der Waals surface area contributed by atoms with E-state index in [4.69, 9.17) is 4.98 Å². The maximum atomic E-state index is 5.26. The van der Waals surface area contributed by atoms with Crippen molar-refractivity contribution in [2.45, 2.75) is 5.41 Å². The Bertz CT molecular complexity index is 3260. The third kappa shape index (κ3) is 4.27. The number of thiophene rings is 1. The molecule has 2 nitrogen and oxygen atoms in total. The van der Waals surface area contributed by atoms with Gasteiger partial charge >= 0.3 is 0 Å². The molecule has 0 amide bonds. The number of rotatable bonds is 4. The largest absolute Gasteiger partial charge is 0.291 e. The molecule has 8 aromatic carbocycles. The number of fused-ring (bicyclic) bond motifs is 11. The van der Waals surface area contributed by atoms with Crippen LogP contribution in [0.3, 0.4) is 0 Å². The number of hydrogen-bond donors (Lipinski definition) is 0. The molecule has 0 saturated carbocycles. The molecule has 0 radical (unpaired) electrons. The predicted molar refractivity (Wildman–Crippen MR) is 231 cm³/mol. The predicted octanol–water partition coefficient (Wildman–Crippen LogP) is 13.7. The highest BCUT2D eigenvalue weighted by Crippen LogP contribution is 2.58. The van der Waals surface area contributed by atoms with Crippen molar-refractivity contribution in [2.75, 3.05) is 0 Å². The molecule has 0 unspecified atom stereocenters. The second kappa shape index (κ2) is 11.6. The van der Waals surface area contributed by atoms with E-state index in [1.165, 1.54) is 75.5 Å². The summed E-state index contributed by atoms with van der Waals surface area (Å²) in [5.74, 6) is 0. The van der Waals surface area contributed by atoms with Gasteiger partial charge in [0, 0.05) is 15.5 Å². The lowest BCUT2D eigenvalue weighted by atomic mass is 9.67. The Morgan fingerprint density at radius 1 is 0.473 bits per heavy atom. The summed E-state index contributed by atoms with van der Waals surface area (Å²) in [7, 11) is 0. The van der Waals surface area contributed by atoms with Gasteiger partial charge in [-0.1, -0.05) is 164 Å². The molecule has 256 valence electrons. The molecule has 0 saturated heterocycles. The summed E-state index contributed by atoms with van der Waals surface area (Å²) in [5.41, 5.74) is 15.3. The van der Waals surface area contributed by atoms with Crippen molar-refractivity contribution in [2.24, 2.45) is 0 Å². The standard InChI is InChI=1S/C52H32N2S/c1-3-16-37(17-4-1)52(38-18-5-2-6-19-38)43-22-10-9-20-40(43)49-39(21-13-23-44(49)52)33-26-28-34(29-27-33)47-32-42-41-30-35-14-7-8-15-36(35)31-48(41)55-50(42)51-53-45-24-11-12-25-46(45)54(47)51/h1-32H. The first kappa shape index (κ1) is 30.6. The zero-order valence-electron chi connectivity index (χ0n) is 29.8. The smallest absolute Gasteiger partial charge is 0.156 e. The molecule has 3 aromatic heterocycles. The molecule has 11 aromatic rings. The van der Waals surface area contributed by atoms with Crippen LogP contribution in [0.2, 0.25) is 0 Å². The fourth-order valence-corrected chi connectivity index (χ4v) is 10.7. The van der Waals surface area contributed by atoms with E-state index in [9.17, 15) is 0 Å². The van der Waals surface area contributed by atoms with Gasteiger partial charge in [0.1, 0.15) is 0 Å². The van der Waals surface area contributed by atoms with E-state index < -0.39 is 5.41 Å². The number of aromatic nitrogens is 2. The van der Waals surface area contributed by atoms with Gasteiger partial charge in [0.2, 0.25) is 0 Å². The molecule has 3 heterocycles. The molecule has 0 aliphatic heterocycles. The number of nitrogens with zero attached hydrogens (tertiary/aromatic N) is 2. The highest BCUT2D eigenvalue weighted by Gasteiger charge is 2.46. The van der Waals surface area contributed by atoms with Gasteiger partial charge in [0.15, 0.2) is 5.65 Å². The molecule has 12 rings (SSSR count). The molecule has 1 aliphatic rings. The van der Waals surface area contributed by atoms with Crippen LogP contribution in [0.1, 0.15) is 22.3 Å². The maximum absolute atomic E-state index is 5.26. The highest BCUT2D eigenvalue weighted by molar-refractivity contribution is 7.26. The second-order valence-corrected chi connectivity index (χ2v) is 15.7. The zero-order chi connectivity index (χ0) is 36.1. The van der Waals surface area contributed by atoms with E-state index in [1.807, 2.05) is 11.3 Å². The van der Waals surface area contributed by atoms with Crippen molar-refractivity contribution < 1.29 is 0 Å². The fraction of sp³-hybridized carbons (Fsp3) is 0.0192. The fourth-order valence-electron chi connectivity index (χ4n) is 9.50. The lowest BCUT2D eigenvalue weighted by Gasteiger charge is -2.34. The maximum Gasteiger partial charge on any atom is 0.156 e. The van der Waals surface area contributed by atoms with E-state index >= 15 is 0 Å². The summed E-state index contributed by atoms with van der Waals surface area (Å²) in [6.07, 6.45) is 0. The van der Waals surface area contributed by atoms with Crippen molar-refractivity contribution in [3.05, 3.63) is 216 Å². The zero-order valence-corrected chi connectivity index (χ0v) is 30.6. The van der Waals surface area contributed by atoms with Gasteiger partial charge in [-0.05, 0) is 91.2 Å². The molecule has 0 atom stereocenters. The van der Waals surface area contributed by atoms with E-state index in [0.717, 1.165) is 27.9 Å². The first-order valence-electron chi connectivity index (χ1n) is 18.9. The van der Waals surface area contributed by atoms with Crippen LogP contribution in [0.15, 0.2) is 194 Å². The van der Waals surface area contributed by atoms with E-state index in [1.54, 1.807) is 0 Å². The number of pyridine rings is 1. The second-order valence-electron chi connectivity index (χ2n) is 14.7. The summed E-state index contributed by atoms with van der Waals surface area (Å²) in [4.78, 5) is 5.26. The number of para-hydroxylation sites is 2. The Hall–Kier alpha value is -6.81. The van der Waals surface area contributed by atoms with Crippen molar-refractivity contribution in [1.29, 1.82) is 0 Å². The summed E-state index contributed by atoms with van der Waals surface area (Å²) >= 11 is 1.84. The lowest BCUT2D eigenvalue weighted by molar-refractivity contribution is 0.768. The average molecular weight is 717 g/mol. The van der Waals surface area contributed by atoms with Gasteiger partial charge in [-0.25, -0.2) is 4.98 Å². The van der Waals surface area contributed by atoms with Crippen LogP contribution >= 0.6 is 11.3 Å².